The van der Waals surface area contributed by atoms with E-state index in [1.54, 1.807) is 6.07 Å². The molecule has 0 unspecified atom stereocenters. The first-order valence-electron chi connectivity index (χ1n) is 6.50. The highest BCUT2D eigenvalue weighted by molar-refractivity contribution is 5.73. The van der Waals surface area contributed by atoms with Gasteiger partial charge in [0.25, 0.3) is 0 Å². The van der Waals surface area contributed by atoms with E-state index in [-0.39, 0.29) is 0 Å². The van der Waals surface area contributed by atoms with Crippen LogP contribution < -0.4 is 0 Å². The monoisotopic (exact) mass is 265 g/mol. The molecule has 0 aliphatic rings. The third-order valence-corrected chi connectivity index (χ3v) is 3.42. The van der Waals surface area contributed by atoms with Crippen LogP contribution in [0, 0.1) is 13.8 Å². The van der Waals surface area contributed by atoms with Crippen molar-refractivity contribution in [3.05, 3.63) is 65.7 Å². The number of aromatic nitrogens is 1. The van der Waals surface area contributed by atoms with Crippen molar-refractivity contribution in [3.63, 3.8) is 0 Å². The Morgan fingerprint density at radius 2 is 1.55 bits per heavy atom. The first-order valence-corrected chi connectivity index (χ1v) is 6.50. The maximum Gasteiger partial charge on any atom is 0.185 e. The number of hydrogen-bond donors (Lipinski definition) is 0. The summed E-state index contributed by atoms with van der Waals surface area (Å²) in [7, 11) is 0. The van der Waals surface area contributed by atoms with Gasteiger partial charge in [0.15, 0.2) is 12.0 Å². The van der Waals surface area contributed by atoms with Gasteiger partial charge in [-0.05, 0) is 62.4 Å². The molecule has 3 aromatic rings. The van der Waals surface area contributed by atoms with Gasteiger partial charge in [-0.15, -0.1) is 0 Å². The zero-order valence-corrected chi connectivity index (χ0v) is 11.5. The second-order valence-electron chi connectivity index (χ2n) is 4.82. The van der Waals surface area contributed by atoms with E-state index in [0.29, 0.717) is 17.8 Å². The Kier molecular flexibility index (Phi) is 3.03. The van der Waals surface area contributed by atoms with E-state index in [1.165, 1.54) is 11.4 Å². The van der Waals surface area contributed by atoms with E-state index in [9.17, 15) is 4.79 Å². The summed E-state index contributed by atoms with van der Waals surface area (Å²) < 4.78 is 7.62. The molecule has 0 saturated heterocycles. The molecule has 0 aliphatic carbocycles. The third-order valence-electron chi connectivity index (χ3n) is 3.42. The zero-order valence-electron chi connectivity index (χ0n) is 11.5. The molecule has 0 amide bonds. The number of benzene rings is 1. The van der Waals surface area contributed by atoms with Crippen LogP contribution in [0.2, 0.25) is 0 Å². The number of rotatable bonds is 3. The predicted octanol–water partition coefficient (Wildman–Crippen LogP) is 4.17. The molecule has 0 fully saturated rings. The second kappa shape index (κ2) is 4.85. The van der Waals surface area contributed by atoms with Crippen molar-refractivity contribution in [2.24, 2.45) is 0 Å². The van der Waals surface area contributed by atoms with E-state index in [0.717, 1.165) is 11.3 Å². The number of furan rings is 1. The van der Waals surface area contributed by atoms with Crippen LogP contribution >= 0.6 is 0 Å². The Balaban J connectivity index is 1.97. The van der Waals surface area contributed by atoms with Gasteiger partial charge in [-0.25, -0.2) is 0 Å². The Morgan fingerprint density at radius 1 is 0.900 bits per heavy atom. The van der Waals surface area contributed by atoms with Crippen molar-refractivity contribution < 1.29 is 9.21 Å². The van der Waals surface area contributed by atoms with Crippen LogP contribution in [-0.2, 0) is 0 Å². The fourth-order valence-electron chi connectivity index (χ4n) is 2.42. The number of carbonyl (C=O) groups is 1. The summed E-state index contributed by atoms with van der Waals surface area (Å²) in [6.07, 6.45) is 0.713. The summed E-state index contributed by atoms with van der Waals surface area (Å²) in [4.78, 5) is 10.6. The molecule has 3 rings (SSSR count). The predicted molar refractivity (Wildman–Crippen MR) is 78.3 cm³/mol. The van der Waals surface area contributed by atoms with Crippen molar-refractivity contribution in [1.29, 1.82) is 0 Å². The van der Waals surface area contributed by atoms with Crippen molar-refractivity contribution in [2.45, 2.75) is 13.8 Å². The van der Waals surface area contributed by atoms with Gasteiger partial charge in [0.2, 0.25) is 0 Å². The number of carbonyl (C=O) groups excluding carboxylic acids is 1. The van der Waals surface area contributed by atoms with Gasteiger partial charge in [-0.1, -0.05) is 0 Å². The summed E-state index contributed by atoms with van der Waals surface area (Å²) in [6.45, 7) is 4.17. The summed E-state index contributed by atoms with van der Waals surface area (Å²) in [5.41, 5.74) is 4.49. The molecule has 0 saturated carbocycles. The second-order valence-corrected chi connectivity index (χ2v) is 4.82. The fraction of sp³-hybridized carbons (Fsp3) is 0.118. The van der Waals surface area contributed by atoms with Crippen LogP contribution in [0.5, 0.6) is 0 Å². The first kappa shape index (κ1) is 12.5. The molecule has 20 heavy (non-hydrogen) atoms. The minimum atomic E-state index is 0.348. The Bertz CT molecular complexity index is 728. The number of aryl methyl sites for hydroxylation is 2. The molecule has 100 valence electrons. The molecule has 3 nitrogen and oxygen atoms in total. The average Bonchev–Trinajstić information content (AvgIpc) is 3.06. The Morgan fingerprint density at radius 3 is 2.10 bits per heavy atom. The van der Waals surface area contributed by atoms with E-state index in [4.69, 9.17) is 4.42 Å². The van der Waals surface area contributed by atoms with E-state index < -0.39 is 0 Å². The molecule has 0 spiro atoms. The molecule has 2 heterocycles. The molecule has 3 heteroatoms. The number of nitrogens with zero attached hydrogens (tertiary/aromatic N) is 1. The van der Waals surface area contributed by atoms with Crippen molar-refractivity contribution in [3.8, 4) is 17.0 Å². The largest absolute Gasteiger partial charge is 0.453 e. The highest BCUT2D eigenvalue weighted by Gasteiger charge is 2.06. The lowest BCUT2D eigenvalue weighted by atomic mass is 10.1. The fourth-order valence-corrected chi connectivity index (χ4v) is 2.42. The van der Waals surface area contributed by atoms with Gasteiger partial charge in [-0.2, -0.15) is 0 Å². The molecule has 0 aliphatic heterocycles. The SMILES string of the molecule is Cc1ccc(C)n1-c1ccc(-c2ccc(C=O)o2)cc1. The molecule has 2 aromatic heterocycles. The Hall–Kier alpha value is -2.55. The van der Waals surface area contributed by atoms with Crippen molar-refractivity contribution >= 4 is 6.29 Å². The molecular formula is C17H15NO2. The normalized spacial score (nSPS) is 10.7. The van der Waals surface area contributed by atoms with Crippen LogP contribution in [0.15, 0.2) is 52.9 Å². The number of aldehydes is 1. The van der Waals surface area contributed by atoms with E-state index in [1.807, 2.05) is 18.2 Å². The average molecular weight is 265 g/mol. The minimum Gasteiger partial charge on any atom is -0.453 e. The lowest BCUT2D eigenvalue weighted by molar-refractivity contribution is 0.110. The first-order chi connectivity index (χ1) is 9.69. The van der Waals surface area contributed by atoms with Crippen LogP contribution in [0.25, 0.3) is 17.0 Å². The van der Waals surface area contributed by atoms with Gasteiger partial charge in [-0.3, -0.25) is 4.79 Å². The van der Waals surface area contributed by atoms with Gasteiger partial charge in [0.05, 0.1) is 0 Å². The molecule has 1 aromatic carbocycles. The van der Waals surface area contributed by atoms with Crippen molar-refractivity contribution in [1.82, 2.24) is 4.57 Å². The summed E-state index contributed by atoms with van der Waals surface area (Å²) in [5, 5.41) is 0. The Labute approximate surface area is 117 Å². The minimum absolute atomic E-state index is 0.348. The zero-order chi connectivity index (χ0) is 14.1. The van der Waals surface area contributed by atoms with Gasteiger partial charge in [0.1, 0.15) is 5.76 Å². The van der Waals surface area contributed by atoms with Crippen LogP contribution in [0.1, 0.15) is 21.9 Å². The maximum absolute atomic E-state index is 10.6. The molecule has 0 bridgehead atoms. The number of hydrogen-bond acceptors (Lipinski definition) is 2. The quantitative estimate of drug-likeness (QED) is 0.666. The van der Waals surface area contributed by atoms with Gasteiger partial charge >= 0.3 is 0 Å². The topological polar surface area (TPSA) is 35.1 Å². The summed E-state index contributed by atoms with van der Waals surface area (Å²) in [5.74, 6) is 1.06. The van der Waals surface area contributed by atoms with Gasteiger partial charge < -0.3 is 8.98 Å². The highest BCUT2D eigenvalue weighted by atomic mass is 16.3. The third kappa shape index (κ3) is 2.07. The van der Waals surface area contributed by atoms with Crippen LogP contribution in [-0.4, -0.2) is 10.9 Å². The summed E-state index contributed by atoms with van der Waals surface area (Å²) >= 11 is 0. The molecular weight excluding hydrogens is 250 g/mol. The van der Waals surface area contributed by atoms with Crippen LogP contribution in [0.3, 0.4) is 0 Å². The van der Waals surface area contributed by atoms with Crippen molar-refractivity contribution in [2.75, 3.05) is 0 Å². The highest BCUT2D eigenvalue weighted by Crippen LogP contribution is 2.24. The molecule has 0 N–H and O–H groups in total. The maximum atomic E-state index is 10.6. The van der Waals surface area contributed by atoms with Crippen LogP contribution in [0.4, 0.5) is 0 Å². The lowest BCUT2D eigenvalue weighted by Gasteiger charge is -2.09. The molecule has 0 atom stereocenters. The summed E-state index contributed by atoms with van der Waals surface area (Å²) in [6, 6.07) is 15.8. The standard InChI is InChI=1S/C17H15NO2/c1-12-3-4-13(2)18(12)15-7-5-14(6-8-15)17-10-9-16(11-19)20-17/h3-11H,1-2H3. The lowest BCUT2D eigenvalue weighted by Crippen LogP contribution is -1.98. The molecule has 0 radical (unpaired) electrons. The van der Waals surface area contributed by atoms with E-state index in [2.05, 4.69) is 42.7 Å². The van der Waals surface area contributed by atoms with E-state index >= 15 is 0 Å². The van der Waals surface area contributed by atoms with Gasteiger partial charge in [0, 0.05) is 22.6 Å². The smallest absolute Gasteiger partial charge is 0.185 e.